The van der Waals surface area contributed by atoms with E-state index in [9.17, 15) is 0 Å². The molecule has 0 amide bonds. The summed E-state index contributed by atoms with van der Waals surface area (Å²) in [5.41, 5.74) is 7.49. The Morgan fingerprint density at radius 2 is 1.86 bits per heavy atom. The molecule has 0 saturated heterocycles. The third kappa shape index (κ3) is 2.68. The van der Waals surface area contributed by atoms with Crippen molar-refractivity contribution in [2.24, 2.45) is 0 Å². The van der Waals surface area contributed by atoms with Crippen molar-refractivity contribution >= 4 is 10.9 Å². The van der Waals surface area contributed by atoms with Crippen molar-refractivity contribution in [3.8, 4) is 0 Å². The minimum absolute atomic E-state index is 1.05. The van der Waals surface area contributed by atoms with Crippen molar-refractivity contribution < 1.29 is 0 Å². The van der Waals surface area contributed by atoms with Crippen LogP contribution in [0.2, 0.25) is 0 Å². The molecule has 0 fully saturated rings. The summed E-state index contributed by atoms with van der Waals surface area (Å²) in [6.45, 7) is 12.2. The SMILES string of the molecule is CCCn1c(C)c(CCNCC)c2cc3c(cc21)CN(C)C3. The average Bonchev–Trinajstić information content (AvgIpc) is 2.97. The molecule has 1 N–H and O–H groups in total. The molecule has 1 aromatic carbocycles. The molecule has 0 saturated carbocycles. The predicted molar refractivity (Wildman–Crippen MR) is 94.4 cm³/mol. The number of nitrogens with one attached hydrogen (secondary N) is 1. The molecule has 0 aliphatic carbocycles. The molecule has 0 spiro atoms. The fraction of sp³-hybridized carbons (Fsp3) is 0.579. The highest BCUT2D eigenvalue weighted by molar-refractivity contribution is 5.87. The number of likely N-dealkylation sites (N-methyl/N-ethyl adjacent to an activating group) is 1. The molecule has 2 heterocycles. The number of hydrogen-bond donors (Lipinski definition) is 1. The van der Waals surface area contributed by atoms with Crippen LogP contribution in [0, 0.1) is 6.92 Å². The minimum atomic E-state index is 1.05. The van der Waals surface area contributed by atoms with Crippen molar-refractivity contribution in [1.82, 2.24) is 14.8 Å². The van der Waals surface area contributed by atoms with Gasteiger partial charge in [0, 0.05) is 36.2 Å². The molecule has 1 aliphatic heterocycles. The van der Waals surface area contributed by atoms with Gasteiger partial charge in [0.25, 0.3) is 0 Å². The molecule has 0 radical (unpaired) electrons. The van der Waals surface area contributed by atoms with E-state index in [4.69, 9.17) is 0 Å². The van der Waals surface area contributed by atoms with Crippen LogP contribution in [0.4, 0.5) is 0 Å². The molecule has 3 rings (SSSR count). The lowest BCUT2D eigenvalue weighted by molar-refractivity contribution is 0.353. The number of nitrogens with zero attached hydrogens (tertiary/aromatic N) is 2. The van der Waals surface area contributed by atoms with Gasteiger partial charge in [-0.05, 0) is 68.7 Å². The maximum atomic E-state index is 3.47. The van der Waals surface area contributed by atoms with Gasteiger partial charge in [0.05, 0.1) is 0 Å². The Hall–Kier alpha value is -1.32. The van der Waals surface area contributed by atoms with Gasteiger partial charge in [-0.3, -0.25) is 4.90 Å². The number of aryl methyl sites for hydroxylation is 1. The lowest BCUT2D eigenvalue weighted by Gasteiger charge is -2.08. The van der Waals surface area contributed by atoms with E-state index in [1.807, 2.05) is 0 Å². The topological polar surface area (TPSA) is 20.2 Å². The zero-order chi connectivity index (χ0) is 15.7. The monoisotopic (exact) mass is 299 g/mol. The van der Waals surface area contributed by atoms with Gasteiger partial charge in [0.15, 0.2) is 0 Å². The van der Waals surface area contributed by atoms with Gasteiger partial charge in [-0.25, -0.2) is 0 Å². The molecule has 120 valence electrons. The van der Waals surface area contributed by atoms with Crippen molar-refractivity contribution in [3.63, 3.8) is 0 Å². The molecule has 1 aromatic heterocycles. The zero-order valence-electron chi connectivity index (χ0n) is 14.5. The Morgan fingerprint density at radius 3 is 2.55 bits per heavy atom. The fourth-order valence-corrected chi connectivity index (χ4v) is 3.83. The number of aromatic nitrogens is 1. The van der Waals surface area contributed by atoms with Crippen LogP contribution in [-0.4, -0.2) is 29.6 Å². The van der Waals surface area contributed by atoms with Crippen molar-refractivity contribution in [2.45, 2.75) is 53.2 Å². The highest BCUT2D eigenvalue weighted by atomic mass is 15.1. The first-order valence-corrected chi connectivity index (χ1v) is 8.68. The summed E-state index contributed by atoms with van der Waals surface area (Å²) in [4.78, 5) is 2.40. The van der Waals surface area contributed by atoms with Crippen LogP contribution >= 0.6 is 0 Å². The van der Waals surface area contributed by atoms with Crippen LogP contribution in [0.1, 0.15) is 42.7 Å². The molecule has 0 bridgehead atoms. The van der Waals surface area contributed by atoms with Crippen molar-refractivity contribution in [3.05, 3.63) is 34.5 Å². The third-order valence-electron chi connectivity index (χ3n) is 4.90. The second-order valence-corrected chi connectivity index (χ2v) is 6.63. The normalized spacial score (nSPS) is 14.9. The van der Waals surface area contributed by atoms with Gasteiger partial charge in [-0.2, -0.15) is 0 Å². The Morgan fingerprint density at radius 1 is 1.14 bits per heavy atom. The van der Waals surface area contributed by atoms with Gasteiger partial charge in [0.2, 0.25) is 0 Å². The van der Waals surface area contributed by atoms with Crippen LogP contribution < -0.4 is 5.32 Å². The highest BCUT2D eigenvalue weighted by Gasteiger charge is 2.20. The maximum Gasteiger partial charge on any atom is 0.0488 e. The first-order valence-electron chi connectivity index (χ1n) is 8.68. The van der Waals surface area contributed by atoms with E-state index >= 15 is 0 Å². The van der Waals surface area contributed by atoms with Crippen molar-refractivity contribution in [2.75, 3.05) is 20.1 Å². The standard InChI is InChI=1S/C19H29N3/c1-5-9-22-14(3)17(7-8-20-6-2)18-10-15-12-21(4)13-16(15)11-19(18)22/h10-11,20H,5-9,12-13H2,1-4H3. The summed E-state index contributed by atoms with van der Waals surface area (Å²) in [6, 6.07) is 4.92. The summed E-state index contributed by atoms with van der Waals surface area (Å²) in [7, 11) is 2.21. The van der Waals surface area contributed by atoms with E-state index < -0.39 is 0 Å². The van der Waals surface area contributed by atoms with Crippen LogP contribution in [-0.2, 0) is 26.1 Å². The number of hydrogen-bond acceptors (Lipinski definition) is 2. The summed E-state index contributed by atoms with van der Waals surface area (Å²) in [5.74, 6) is 0. The smallest absolute Gasteiger partial charge is 0.0488 e. The number of benzene rings is 1. The van der Waals surface area contributed by atoms with Gasteiger partial charge >= 0.3 is 0 Å². The lowest BCUT2D eigenvalue weighted by atomic mass is 10.0. The fourth-order valence-electron chi connectivity index (χ4n) is 3.83. The van der Waals surface area contributed by atoms with Crippen LogP contribution in [0.5, 0.6) is 0 Å². The Labute approximate surface area is 134 Å². The zero-order valence-corrected chi connectivity index (χ0v) is 14.5. The third-order valence-corrected chi connectivity index (χ3v) is 4.90. The molecular formula is C19H29N3. The first-order chi connectivity index (χ1) is 10.7. The molecule has 0 unspecified atom stereocenters. The van der Waals surface area contributed by atoms with Gasteiger partial charge < -0.3 is 9.88 Å². The second kappa shape index (κ2) is 6.43. The predicted octanol–water partition coefficient (Wildman–Crippen LogP) is 3.46. The van der Waals surface area contributed by atoms with E-state index in [0.717, 1.165) is 39.1 Å². The summed E-state index contributed by atoms with van der Waals surface area (Å²) < 4.78 is 2.54. The minimum Gasteiger partial charge on any atom is -0.345 e. The molecule has 2 aromatic rings. The highest BCUT2D eigenvalue weighted by Crippen LogP contribution is 2.32. The maximum absolute atomic E-state index is 3.47. The molecule has 0 atom stereocenters. The van der Waals surface area contributed by atoms with Crippen LogP contribution in [0.3, 0.4) is 0 Å². The molecule has 3 nitrogen and oxygen atoms in total. The van der Waals surface area contributed by atoms with E-state index in [1.54, 1.807) is 5.56 Å². The summed E-state index contributed by atoms with van der Waals surface area (Å²) >= 11 is 0. The van der Waals surface area contributed by atoms with Crippen LogP contribution in [0.15, 0.2) is 12.1 Å². The largest absolute Gasteiger partial charge is 0.345 e. The first kappa shape index (κ1) is 15.6. The Kier molecular flexibility index (Phi) is 4.55. The molecule has 22 heavy (non-hydrogen) atoms. The van der Waals surface area contributed by atoms with Gasteiger partial charge in [0.1, 0.15) is 0 Å². The quantitative estimate of drug-likeness (QED) is 0.824. The molecule has 3 heteroatoms. The van der Waals surface area contributed by atoms with E-state index in [2.05, 4.69) is 54.7 Å². The molecular weight excluding hydrogens is 270 g/mol. The molecule has 1 aliphatic rings. The summed E-state index contributed by atoms with van der Waals surface area (Å²) in [6.07, 6.45) is 2.32. The Bertz CT molecular complexity index is 669. The van der Waals surface area contributed by atoms with E-state index in [0.29, 0.717) is 0 Å². The lowest BCUT2D eigenvalue weighted by Crippen LogP contribution is -2.16. The number of rotatable bonds is 6. The van der Waals surface area contributed by atoms with Gasteiger partial charge in [-0.1, -0.05) is 13.8 Å². The van der Waals surface area contributed by atoms with E-state index in [1.165, 1.54) is 34.1 Å². The number of fused-ring (bicyclic) bond motifs is 2. The van der Waals surface area contributed by atoms with E-state index in [-0.39, 0.29) is 0 Å². The summed E-state index contributed by atoms with van der Waals surface area (Å²) in [5, 5.41) is 4.96. The Balaban J connectivity index is 2.08. The average molecular weight is 299 g/mol. The van der Waals surface area contributed by atoms with Crippen molar-refractivity contribution in [1.29, 1.82) is 0 Å². The second-order valence-electron chi connectivity index (χ2n) is 6.63. The van der Waals surface area contributed by atoms with Crippen LogP contribution in [0.25, 0.3) is 10.9 Å². The van der Waals surface area contributed by atoms with Gasteiger partial charge in [-0.15, -0.1) is 0 Å².